The second-order valence-corrected chi connectivity index (χ2v) is 7.75. The molecule has 0 radical (unpaired) electrons. The van der Waals surface area contributed by atoms with Gasteiger partial charge in [-0.2, -0.15) is 0 Å². The van der Waals surface area contributed by atoms with Gasteiger partial charge in [-0.3, -0.25) is 4.79 Å². The summed E-state index contributed by atoms with van der Waals surface area (Å²) in [5.41, 5.74) is 2.48. The molecule has 0 saturated carbocycles. The monoisotopic (exact) mass is 367 g/mol. The van der Waals surface area contributed by atoms with Gasteiger partial charge in [0.1, 0.15) is 5.75 Å². The van der Waals surface area contributed by atoms with E-state index in [9.17, 15) is 4.79 Å². The lowest BCUT2D eigenvalue weighted by Crippen LogP contribution is -2.44. The Morgan fingerprint density at radius 2 is 1.85 bits per heavy atom. The van der Waals surface area contributed by atoms with Gasteiger partial charge in [0.05, 0.1) is 12.0 Å². The van der Waals surface area contributed by atoms with E-state index < -0.39 is 5.41 Å². The number of carbonyl (C=O) groups excluding carboxylic acids is 1. The SMILES string of the molecule is Cc1cccc(C2(C(=O)Nc3ccc(OCC(C)C)cc3)CCOCC2)c1. The van der Waals surface area contributed by atoms with Crippen molar-refractivity contribution < 1.29 is 14.3 Å². The predicted octanol–water partition coefficient (Wildman–Crippen LogP) is 4.72. The molecule has 1 saturated heterocycles. The Balaban J connectivity index is 1.77. The number of hydrogen-bond donors (Lipinski definition) is 1. The molecule has 1 fully saturated rings. The molecule has 3 rings (SSSR count). The summed E-state index contributed by atoms with van der Waals surface area (Å²) in [5.74, 6) is 1.33. The number of hydrogen-bond acceptors (Lipinski definition) is 3. The quantitative estimate of drug-likeness (QED) is 0.804. The molecule has 2 aromatic rings. The average Bonchev–Trinajstić information content (AvgIpc) is 2.68. The summed E-state index contributed by atoms with van der Waals surface area (Å²) >= 11 is 0. The highest BCUT2D eigenvalue weighted by atomic mass is 16.5. The van der Waals surface area contributed by atoms with E-state index in [1.54, 1.807) is 0 Å². The molecule has 144 valence electrons. The molecule has 0 bridgehead atoms. The van der Waals surface area contributed by atoms with Gasteiger partial charge in [0, 0.05) is 18.9 Å². The van der Waals surface area contributed by atoms with E-state index in [1.807, 2.05) is 30.3 Å². The second-order valence-electron chi connectivity index (χ2n) is 7.75. The molecule has 1 heterocycles. The first-order valence-corrected chi connectivity index (χ1v) is 9.69. The normalized spacial score (nSPS) is 16.1. The van der Waals surface area contributed by atoms with Crippen LogP contribution in [0.1, 0.15) is 37.8 Å². The van der Waals surface area contributed by atoms with Crippen molar-refractivity contribution in [2.75, 3.05) is 25.1 Å². The van der Waals surface area contributed by atoms with Crippen molar-refractivity contribution in [3.05, 3.63) is 59.7 Å². The molecule has 0 atom stereocenters. The van der Waals surface area contributed by atoms with Crippen LogP contribution in [0, 0.1) is 12.8 Å². The largest absolute Gasteiger partial charge is 0.493 e. The van der Waals surface area contributed by atoms with Gasteiger partial charge in [-0.25, -0.2) is 0 Å². The van der Waals surface area contributed by atoms with Crippen LogP contribution in [0.5, 0.6) is 5.75 Å². The Labute approximate surface area is 161 Å². The van der Waals surface area contributed by atoms with Crippen molar-refractivity contribution in [3.63, 3.8) is 0 Å². The Bertz CT molecular complexity index is 761. The van der Waals surface area contributed by atoms with Crippen molar-refractivity contribution in [2.45, 2.75) is 39.0 Å². The molecule has 0 aliphatic carbocycles. The summed E-state index contributed by atoms with van der Waals surface area (Å²) in [6.07, 6.45) is 1.38. The minimum atomic E-state index is -0.545. The zero-order chi connectivity index (χ0) is 19.3. The summed E-state index contributed by atoms with van der Waals surface area (Å²) in [6, 6.07) is 15.9. The highest BCUT2D eigenvalue weighted by Gasteiger charge is 2.41. The van der Waals surface area contributed by atoms with Crippen molar-refractivity contribution in [1.82, 2.24) is 0 Å². The van der Waals surface area contributed by atoms with Gasteiger partial charge in [-0.05, 0) is 55.5 Å². The fourth-order valence-corrected chi connectivity index (χ4v) is 3.46. The Morgan fingerprint density at radius 1 is 1.15 bits per heavy atom. The van der Waals surface area contributed by atoms with Gasteiger partial charge in [0.25, 0.3) is 0 Å². The van der Waals surface area contributed by atoms with Crippen LogP contribution in [0.2, 0.25) is 0 Å². The molecular weight excluding hydrogens is 338 g/mol. The van der Waals surface area contributed by atoms with Gasteiger partial charge < -0.3 is 14.8 Å². The maximum atomic E-state index is 13.3. The van der Waals surface area contributed by atoms with Gasteiger partial charge >= 0.3 is 0 Å². The van der Waals surface area contributed by atoms with Crippen molar-refractivity contribution in [3.8, 4) is 5.75 Å². The molecule has 1 N–H and O–H groups in total. The number of amides is 1. The molecule has 2 aromatic carbocycles. The van der Waals surface area contributed by atoms with E-state index in [1.165, 1.54) is 0 Å². The number of benzene rings is 2. The number of anilines is 1. The third-order valence-electron chi connectivity index (χ3n) is 5.05. The van der Waals surface area contributed by atoms with Crippen LogP contribution < -0.4 is 10.1 Å². The van der Waals surface area contributed by atoms with Gasteiger partial charge in [0.2, 0.25) is 5.91 Å². The zero-order valence-corrected chi connectivity index (χ0v) is 16.5. The number of rotatable bonds is 6. The summed E-state index contributed by atoms with van der Waals surface area (Å²) in [5, 5.41) is 3.11. The summed E-state index contributed by atoms with van der Waals surface area (Å²) in [6.45, 7) is 8.18. The first kappa shape index (κ1) is 19.4. The highest BCUT2D eigenvalue weighted by Crippen LogP contribution is 2.36. The first-order valence-electron chi connectivity index (χ1n) is 9.69. The fourth-order valence-electron chi connectivity index (χ4n) is 3.46. The molecule has 1 aliphatic rings. The molecule has 27 heavy (non-hydrogen) atoms. The molecule has 1 amide bonds. The Kier molecular flexibility index (Phi) is 6.17. The lowest BCUT2D eigenvalue weighted by atomic mass is 9.73. The second kappa shape index (κ2) is 8.57. The van der Waals surface area contributed by atoms with Crippen LogP contribution in [0.3, 0.4) is 0 Å². The van der Waals surface area contributed by atoms with Crippen molar-refractivity contribution >= 4 is 11.6 Å². The van der Waals surface area contributed by atoms with Crippen molar-refractivity contribution in [2.24, 2.45) is 5.92 Å². The number of ether oxygens (including phenoxy) is 2. The van der Waals surface area contributed by atoms with E-state index in [2.05, 4.69) is 44.3 Å². The van der Waals surface area contributed by atoms with Crippen molar-refractivity contribution in [1.29, 1.82) is 0 Å². The molecule has 4 heteroatoms. The fraction of sp³-hybridized carbons (Fsp3) is 0.435. The van der Waals surface area contributed by atoms with Gasteiger partial charge in [-0.1, -0.05) is 43.7 Å². The van der Waals surface area contributed by atoms with E-state index in [0.717, 1.165) is 22.6 Å². The Morgan fingerprint density at radius 3 is 2.48 bits per heavy atom. The molecule has 4 nitrogen and oxygen atoms in total. The summed E-state index contributed by atoms with van der Waals surface area (Å²) in [4.78, 5) is 13.3. The van der Waals surface area contributed by atoms with Crippen LogP contribution in [0.15, 0.2) is 48.5 Å². The van der Waals surface area contributed by atoms with Crippen LogP contribution in [0.4, 0.5) is 5.69 Å². The minimum absolute atomic E-state index is 0.0345. The number of aryl methyl sites for hydroxylation is 1. The van der Waals surface area contributed by atoms with E-state index in [4.69, 9.17) is 9.47 Å². The summed E-state index contributed by atoms with van der Waals surface area (Å²) < 4.78 is 11.3. The lowest BCUT2D eigenvalue weighted by Gasteiger charge is -2.36. The third kappa shape index (κ3) is 4.69. The number of carbonyl (C=O) groups is 1. The van der Waals surface area contributed by atoms with Crippen LogP contribution in [0.25, 0.3) is 0 Å². The third-order valence-corrected chi connectivity index (χ3v) is 5.05. The average molecular weight is 367 g/mol. The topological polar surface area (TPSA) is 47.6 Å². The van der Waals surface area contributed by atoms with E-state index in [-0.39, 0.29) is 5.91 Å². The molecular formula is C23H29NO3. The van der Waals surface area contributed by atoms with E-state index >= 15 is 0 Å². The Hall–Kier alpha value is -2.33. The minimum Gasteiger partial charge on any atom is -0.493 e. The van der Waals surface area contributed by atoms with Gasteiger partial charge in [-0.15, -0.1) is 0 Å². The predicted molar refractivity (Wildman–Crippen MR) is 108 cm³/mol. The first-order chi connectivity index (χ1) is 13.0. The van der Waals surface area contributed by atoms with Crippen LogP contribution >= 0.6 is 0 Å². The van der Waals surface area contributed by atoms with Gasteiger partial charge in [0.15, 0.2) is 0 Å². The molecule has 0 aromatic heterocycles. The zero-order valence-electron chi connectivity index (χ0n) is 16.5. The van der Waals surface area contributed by atoms with Crippen LogP contribution in [-0.2, 0) is 14.9 Å². The van der Waals surface area contributed by atoms with E-state index in [0.29, 0.717) is 38.6 Å². The smallest absolute Gasteiger partial charge is 0.235 e. The highest BCUT2D eigenvalue weighted by molar-refractivity contribution is 5.99. The van der Waals surface area contributed by atoms with Crippen LogP contribution in [-0.4, -0.2) is 25.7 Å². The lowest BCUT2D eigenvalue weighted by molar-refractivity contribution is -0.125. The molecule has 0 unspecified atom stereocenters. The standard InChI is InChI=1S/C23H29NO3/c1-17(2)16-27-21-9-7-20(8-10-21)24-22(25)23(11-13-26-14-12-23)19-6-4-5-18(3)15-19/h4-10,15,17H,11-14,16H2,1-3H3,(H,24,25). The maximum Gasteiger partial charge on any atom is 0.235 e. The molecule has 0 spiro atoms. The maximum absolute atomic E-state index is 13.3. The summed E-state index contributed by atoms with van der Waals surface area (Å²) in [7, 11) is 0. The number of nitrogens with one attached hydrogen (secondary N) is 1. The molecule has 1 aliphatic heterocycles.